The summed E-state index contributed by atoms with van der Waals surface area (Å²) in [6.45, 7) is 6.64. The van der Waals surface area contributed by atoms with Gasteiger partial charge in [-0.1, -0.05) is 48.5 Å². The highest BCUT2D eigenvalue weighted by atomic mass is 16.5. The van der Waals surface area contributed by atoms with Gasteiger partial charge in [-0.15, -0.1) is 0 Å². The van der Waals surface area contributed by atoms with Crippen molar-refractivity contribution in [2.24, 2.45) is 0 Å². The fourth-order valence-corrected chi connectivity index (χ4v) is 5.62. The Morgan fingerprint density at radius 2 is 1.51 bits per heavy atom. The summed E-state index contributed by atoms with van der Waals surface area (Å²) in [5.74, 6) is 0.792. The summed E-state index contributed by atoms with van der Waals surface area (Å²) >= 11 is 0. The monoisotopic (exact) mass is 465 g/mol. The van der Waals surface area contributed by atoms with Gasteiger partial charge >= 0.3 is 0 Å². The van der Waals surface area contributed by atoms with E-state index in [4.69, 9.17) is 4.74 Å². The molecule has 35 heavy (non-hydrogen) atoms. The van der Waals surface area contributed by atoms with Crippen LogP contribution in [0.2, 0.25) is 0 Å². The molecule has 2 aliphatic rings. The van der Waals surface area contributed by atoms with Crippen LogP contribution in [0.4, 0.5) is 5.69 Å². The van der Waals surface area contributed by atoms with E-state index in [0.717, 1.165) is 45.0 Å². The predicted octanol–water partition coefficient (Wildman–Crippen LogP) is 6.62. The molecule has 3 aromatic rings. The summed E-state index contributed by atoms with van der Waals surface area (Å²) in [5.41, 5.74) is 6.84. The van der Waals surface area contributed by atoms with E-state index in [2.05, 4.69) is 18.2 Å². The Bertz CT molecular complexity index is 1270. The lowest BCUT2D eigenvalue weighted by molar-refractivity contribution is -0.120. The Hall–Kier alpha value is -3.66. The zero-order valence-corrected chi connectivity index (χ0v) is 20.6. The fourth-order valence-electron chi connectivity index (χ4n) is 5.62. The van der Waals surface area contributed by atoms with Crippen molar-refractivity contribution in [2.75, 3.05) is 11.5 Å². The molecule has 1 heterocycles. The number of ether oxygens (including phenoxy) is 1. The number of nitrogens with zero attached hydrogens (tertiary/aromatic N) is 1. The second-order valence-corrected chi connectivity index (χ2v) is 9.63. The molecule has 0 saturated carbocycles. The largest absolute Gasteiger partial charge is 0.494 e. The van der Waals surface area contributed by atoms with Crippen LogP contribution in [0.15, 0.2) is 84.1 Å². The molecule has 4 heteroatoms. The van der Waals surface area contributed by atoms with Gasteiger partial charge in [-0.2, -0.15) is 0 Å². The molecular formula is C31H31NO3. The molecule has 0 fully saturated rings. The van der Waals surface area contributed by atoms with Crippen molar-refractivity contribution in [1.29, 1.82) is 0 Å². The van der Waals surface area contributed by atoms with Crippen molar-refractivity contribution in [3.8, 4) is 5.75 Å². The molecule has 178 valence electrons. The SMILES string of the molecule is CCOc1ccc(C2CC(=O)N(c3cc(C)cc(C)c3)C3=C2C(=O)CC(c2ccccc2)C3)cc1. The van der Waals surface area contributed by atoms with Gasteiger partial charge in [0.25, 0.3) is 0 Å². The number of rotatable bonds is 5. The van der Waals surface area contributed by atoms with Crippen molar-refractivity contribution < 1.29 is 14.3 Å². The normalized spacial score (nSPS) is 20.1. The van der Waals surface area contributed by atoms with Gasteiger partial charge in [-0.3, -0.25) is 14.5 Å². The van der Waals surface area contributed by atoms with Crippen LogP contribution in [-0.4, -0.2) is 18.3 Å². The fraction of sp³-hybridized carbons (Fsp3) is 0.290. The van der Waals surface area contributed by atoms with Gasteiger partial charge in [0.2, 0.25) is 5.91 Å². The lowest BCUT2D eigenvalue weighted by Gasteiger charge is -2.40. The third-order valence-corrected chi connectivity index (χ3v) is 7.06. The van der Waals surface area contributed by atoms with E-state index in [0.29, 0.717) is 19.4 Å². The van der Waals surface area contributed by atoms with Crippen LogP contribution in [-0.2, 0) is 9.59 Å². The number of hydrogen-bond donors (Lipinski definition) is 0. The van der Waals surface area contributed by atoms with E-state index >= 15 is 0 Å². The molecular weight excluding hydrogens is 434 g/mol. The van der Waals surface area contributed by atoms with Crippen LogP contribution >= 0.6 is 0 Å². The van der Waals surface area contributed by atoms with E-state index in [1.165, 1.54) is 0 Å². The maximum atomic E-state index is 13.8. The highest BCUT2D eigenvalue weighted by molar-refractivity contribution is 6.08. The molecule has 0 bridgehead atoms. The first kappa shape index (κ1) is 23.1. The Balaban J connectivity index is 1.63. The minimum absolute atomic E-state index is 0.0362. The number of ketones is 1. The number of amides is 1. The summed E-state index contributed by atoms with van der Waals surface area (Å²) in [6.07, 6.45) is 1.41. The first-order chi connectivity index (χ1) is 16.9. The maximum Gasteiger partial charge on any atom is 0.232 e. The Labute approximate surface area is 207 Å². The second kappa shape index (κ2) is 9.53. The molecule has 0 N–H and O–H groups in total. The Kier molecular flexibility index (Phi) is 6.29. The number of benzene rings is 3. The van der Waals surface area contributed by atoms with Gasteiger partial charge in [-0.05, 0) is 79.6 Å². The van der Waals surface area contributed by atoms with E-state index in [-0.39, 0.29) is 29.9 Å². The molecule has 0 spiro atoms. The molecule has 0 radical (unpaired) electrons. The molecule has 5 rings (SSSR count). The molecule has 2 atom stereocenters. The third kappa shape index (κ3) is 4.53. The Morgan fingerprint density at radius 1 is 0.829 bits per heavy atom. The first-order valence-corrected chi connectivity index (χ1v) is 12.4. The smallest absolute Gasteiger partial charge is 0.232 e. The standard InChI is InChI=1S/C31H31NO3/c1-4-35-26-12-10-23(11-13-26)27-19-30(34)32(25-15-20(2)14-21(3)16-25)28-17-24(18-29(33)31(27)28)22-8-6-5-7-9-22/h5-16,24,27H,4,17-19H2,1-3H3. The minimum Gasteiger partial charge on any atom is -0.494 e. The lowest BCUT2D eigenvalue weighted by Crippen LogP contribution is -2.41. The summed E-state index contributed by atoms with van der Waals surface area (Å²) in [5, 5.41) is 0. The van der Waals surface area contributed by atoms with E-state index in [1.807, 2.05) is 80.3 Å². The maximum absolute atomic E-state index is 13.8. The van der Waals surface area contributed by atoms with Crippen molar-refractivity contribution in [1.82, 2.24) is 0 Å². The number of allylic oxidation sites excluding steroid dienone is 2. The molecule has 4 nitrogen and oxygen atoms in total. The highest BCUT2D eigenvalue weighted by Crippen LogP contribution is 2.47. The van der Waals surface area contributed by atoms with Gasteiger partial charge in [0, 0.05) is 35.7 Å². The van der Waals surface area contributed by atoms with Crippen LogP contribution in [0, 0.1) is 13.8 Å². The van der Waals surface area contributed by atoms with Gasteiger partial charge in [0.1, 0.15) is 5.75 Å². The molecule has 0 aromatic heterocycles. The summed E-state index contributed by atoms with van der Waals surface area (Å²) in [6, 6.07) is 24.2. The summed E-state index contributed by atoms with van der Waals surface area (Å²) in [4.78, 5) is 29.3. The van der Waals surface area contributed by atoms with Gasteiger partial charge in [0.05, 0.1) is 6.61 Å². The lowest BCUT2D eigenvalue weighted by atomic mass is 9.72. The highest BCUT2D eigenvalue weighted by Gasteiger charge is 2.42. The molecule has 1 aliphatic heterocycles. The van der Waals surface area contributed by atoms with Crippen LogP contribution in [0.25, 0.3) is 0 Å². The van der Waals surface area contributed by atoms with Crippen LogP contribution in [0.1, 0.15) is 60.3 Å². The number of carbonyl (C=O) groups excluding carboxylic acids is 2. The zero-order valence-electron chi connectivity index (χ0n) is 20.6. The van der Waals surface area contributed by atoms with Crippen molar-refractivity contribution in [3.05, 3.63) is 106 Å². The number of Topliss-reactive ketones (excluding diaryl/α,β-unsaturated/α-hetero) is 1. The molecule has 3 aromatic carbocycles. The average Bonchev–Trinajstić information content (AvgIpc) is 2.84. The summed E-state index contributed by atoms with van der Waals surface area (Å²) < 4.78 is 5.60. The van der Waals surface area contributed by atoms with Crippen LogP contribution < -0.4 is 9.64 Å². The number of carbonyl (C=O) groups is 2. The topological polar surface area (TPSA) is 46.6 Å². The van der Waals surface area contributed by atoms with Gasteiger partial charge < -0.3 is 4.74 Å². The number of hydrogen-bond acceptors (Lipinski definition) is 3. The quantitative estimate of drug-likeness (QED) is 0.425. The van der Waals surface area contributed by atoms with E-state index < -0.39 is 0 Å². The van der Waals surface area contributed by atoms with Crippen molar-refractivity contribution >= 4 is 17.4 Å². The van der Waals surface area contributed by atoms with Gasteiger partial charge in [0.15, 0.2) is 5.78 Å². The van der Waals surface area contributed by atoms with E-state index in [9.17, 15) is 9.59 Å². The predicted molar refractivity (Wildman–Crippen MR) is 139 cm³/mol. The molecule has 1 amide bonds. The molecule has 0 saturated heterocycles. The van der Waals surface area contributed by atoms with Crippen LogP contribution in [0.3, 0.4) is 0 Å². The van der Waals surface area contributed by atoms with Crippen molar-refractivity contribution in [2.45, 2.75) is 51.9 Å². The van der Waals surface area contributed by atoms with E-state index in [1.54, 1.807) is 0 Å². The minimum atomic E-state index is -0.237. The first-order valence-electron chi connectivity index (χ1n) is 12.4. The van der Waals surface area contributed by atoms with Gasteiger partial charge in [-0.25, -0.2) is 0 Å². The Morgan fingerprint density at radius 3 is 2.17 bits per heavy atom. The second-order valence-electron chi connectivity index (χ2n) is 9.63. The molecule has 1 aliphatic carbocycles. The summed E-state index contributed by atoms with van der Waals surface area (Å²) in [7, 11) is 0. The van der Waals surface area contributed by atoms with Crippen LogP contribution in [0.5, 0.6) is 5.75 Å². The van der Waals surface area contributed by atoms with Crippen molar-refractivity contribution in [3.63, 3.8) is 0 Å². The third-order valence-electron chi connectivity index (χ3n) is 7.06. The molecule has 2 unspecified atom stereocenters. The number of anilines is 1. The number of aryl methyl sites for hydroxylation is 2. The zero-order chi connectivity index (χ0) is 24.5. The average molecular weight is 466 g/mol.